The summed E-state index contributed by atoms with van der Waals surface area (Å²) in [5.41, 5.74) is 0.619. The third-order valence-corrected chi connectivity index (χ3v) is 5.60. The Morgan fingerprint density at radius 2 is 1.59 bits per heavy atom. The highest BCUT2D eigenvalue weighted by molar-refractivity contribution is 5.88. The molecule has 0 spiro atoms. The van der Waals surface area contributed by atoms with Gasteiger partial charge in [0.25, 0.3) is 0 Å². The number of likely N-dealkylation sites (N-methyl/N-ethyl adjacent to an activating group) is 1. The maximum Gasteiger partial charge on any atom is 0.336 e. The molecule has 12 nitrogen and oxygen atoms in total. The number of aromatic nitrogens is 3. The number of hydrogen-bond acceptors (Lipinski definition) is 8. The number of carboxylic acid groups (broad SMARTS) is 3. The number of hydrogen-bond donors (Lipinski definition) is 4. The van der Waals surface area contributed by atoms with Gasteiger partial charge in [-0.05, 0) is 57.4 Å². The second-order valence-electron chi connectivity index (χ2n) is 9.32. The van der Waals surface area contributed by atoms with Crippen molar-refractivity contribution < 1.29 is 34.8 Å². The molecule has 12 heteroatoms. The lowest BCUT2D eigenvalue weighted by molar-refractivity contribution is -0.170. The van der Waals surface area contributed by atoms with E-state index in [2.05, 4.69) is 75.0 Å². The minimum Gasteiger partial charge on any atom is -0.481 e. The molecule has 39 heavy (non-hydrogen) atoms. The predicted molar refractivity (Wildman–Crippen MR) is 142 cm³/mol. The van der Waals surface area contributed by atoms with E-state index in [1.807, 2.05) is 31.3 Å². The Morgan fingerprint density at radius 1 is 0.897 bits per heavy atom. The molecule has 3 heterocycles. The Kier molecular flexibility index (Phi) is 11.7. The van der Waals surface area contributed by atoms with E-state index in [0.717, 1.165) is 43.4 Å². The zero-order chi connectivity index (χ0) is 29.0. The fourth-order valence-corrected chi connectivity index (χ4v) is 3.65. The van der Waals surface area contributed by atoms with Crippen LogP contribution in [0.5, 0.6) is 0 Å². The van der Waals surface area contributed by atoms with Gasteiger partial charge < -0.3 is 29.9 Å². The van der Waals surface area contributed by atoms with Crippen molar-refractivity contribution >= 4 is 17.9 Å². The van der Waals surface area contributed by atoms with Crippen LogP contribution >= 0.6 is 0 Å². The molecule has 0 amide bonds. The molecule has 3 aromatic heterocycles. The van der Waals surface area contributed by atoms with Crippen LogP contribution in [-0.2, 0) is 27.5 Å². The summed E-state index contributed by atoms with van der Waals surface area (Å²) in [5.74, 6) is -4.05. The fraction of sp³-hybridized carbons (Fsp3) is 0.370. The number of carboxylic acids is 3. The molecular formula is C27H35N5O7. The molecule has 3 aromatic rings. The molecule has 0 radical (unpaired) electrons. The van der Waals surface area contributed by atoms with E-state index in [9.17, 15) is 14.4 Å². The average Bonchev–Trinajstić information content (AvgIpc) is 3.30. The van der Waals surface area contributed by atoms with Crippen molar-refractivity contribution in [1.82, 2.24) is 24.3 Å². The smallest absolute Gasteiger partial charge is 0.336 e. The highest BCUT2D eigenvalue weighted by Gasteiger charge is 2.40. The van der Waals surface area contributed by atoms with Crippen LogP contribution in [0.2, 0.25) is 0 Å². The van der Waals surface area contributed by atoms with Crippen molar-refractivity contribution in [3.8, 4) is 5.82 Å². The van der Waals surface area contributed by atoms with E-state index >= 15 is 0 Å². The first kappa shape index (κ1) is 31.1. The summed E-state index contributed by atoms with van der Waals surface area (Å²) in [6.45, 7) is 5.71. The number of nitrogens with zero attached hydrogens (tertiary/aromatic N) is 5. The van der Waals surface area contributed by atoms with E-state index in [1.54, 1.807) is 0 Å². The van der Waals surface area contributed by atoms with Gasteiger partial charge in [0.15, 0.2) is 5.60 Å². The first-order valence-electron chi connectivity index (χ1n) is 12.2. The highest BCUT2D eigenvalue weighted by atomic mass is 16.4. The number of carbonyl (C=O) groups is 3. The summed E-state index contributed by atoms with van der Waals surface area (Å²) >= 11 is 0. The largest absolute Gasteiger partial charge is 0.481 e. The molecule has 210 valence electrons. The zero-order valence-electron chi connectivity index (χ0n) is 22.3. The van der Waals surface area contributed by atoms with E-state index in [0.29, 0.717) is 0 Å². The van der Waals surface area contributed by atoms with Crippen molar-refractivity contribution in [2.24, 2.45) is 0 Å². The fourth-order valence-electron chi connectivity index (χ4n) is 3.65. The minimum atomic E-state index is -2.74. The first-order chi connectivity index (χ1) is 18.4. The van der Waals surface area contributed by atoms with Gasteiger partial charge in [0.05, 0.1) is 18.5 Å². The molecule has 0 aliphatic heterocycles. The van der Waals surface area contributed by atoms with Crippen molar-refractivity contribution in [3.05, 3.63) is 78.0 Å². The maximum atomic E-state index is 10.3. The monoisotopic (exact) mass is 541 g/mol. The quantitative estimate of drug-likeness (QED) is 0.249. The number of pyridine rings is 2. The van der Waals surface area contributed by atoms with E-state index in [-0.39, 0.29) is 0 Å². The number of rotatable bonds is 13. The van der Waals surface area contributed by atoms with Crippen molar-refractivity contribution in [2.45, 2.75) is 38.5 Å². The van der Waals surface area contributed by atoms with Crippen LogP contribution in [0.4, 0.5) is 0 Å². The summed E-state index contributed by atoms with van der Waals surface area (Å²) in [5, 5.41) is 33.8. The van der Waals surface area contributed by atoms with Crippen LogP contribution in [0.1, 0.15) is 29.9 Å². The Hall–Kier alpha value is -4.13. The third-order valence-electron chi connectivity index (χ3n) is 5.60. The Bertz CT molecular complexity index is 1210. The summed E-state index contributed by atoms with van der Waals surface area (Å²) in [6.07, 6.45) is 1.66. The molecule has 3 rings (SSSR count). The van der Waals surface area contributed by atoms with Crippen molar-refractivity contribution in [3.63, 3.8) is 0 Å². The summed E-state index contributed by atoms with van der Waals surface area (Å²) in [7, 11) is 4.22. The minimum absolute atomic E-state index is 0.834. The van der Waals surface area contributed by atoms with Crippen LogP contribution in [0, 0.1) is 6.92 Å². The zero-order valence-corrected chi connectivity index (χ0v) is 22.3. The topological polar surface area (TPSA) is 169 Å². The third kappa shape index (κ3) is 10.6. The molecule has 0 atom stereocenters. The van der Waals surface area contributed by atoms with Gasteiger partial charge in [-0.15, -0.1) is 0 Å². The molecular weight excluding hydrogens is 506 g/mol. The van der Waals surface area contributed by atoms with Crippen LogP contribution in [0.3, 0.4) is 0 Å². The highest BCUT2D eigenvalue weighted by Crippen LogP contribution is 2.16. The summed E-state index contributed by atoms with van der Waals surface area (Å²) < 4.78 is 2.17. The standard InChI is InChI=1S/C21H27N5.C6H8O7/c1-18-8-6-11-21(23-18)26-13-7-10-20(26)17-25(15-14-24(2)3)16-19-9-4-5-12-22-19;7-3(8)1-6(13,5(11)12)2-4(9)10/h4-13H,14-17H2,1-3H3;13H,1-2H2,(H,7,8)(H,9,10)(H,11,12). The number of aliphatic carboxylic acids is 3. The maximum absolute atomic E-state index is 10.3. The molecule has 0 bridgehead atoms. The van der Waals surface area contributed by atoms with Crippen LogP contribution in [0.15, 0.2) is 60.9 Å². The Morgan fingerprint density at radius 3 is 2.13 bits per heavy atom. The van der Waals surface area contributed by atoms with E-state index < -0.39 is 36.4 Å². The molecule has 0 aromatic carbocycles. The second-order valence-corrected chi connectivity index (χ2v) is 9.32. The second kappa shape index (κ2) is 14.7. The van der Waals surface area contributed by atoms with Gasteiger partial charge in [-0.2, -0.15) is 0 Å². The molecule has 0 fully saturated rings. The van der Waals surface area contributed by atoms with Gasteiger partial charge in [0, 0.05) is 50.0 Å². The van der Waals surface area contributed by atoms with Crippen LogP contribution in [-0.4, -0.2) is 95.5 Å². The number of aliphatic hydroxyl groups is 1. The Labute approximate surface area is 226 Å². The van der Waals surface area contributed by atoms with Gasteiger partial charge in [-0.25, -0.2) is 9.78 Å². The van der Waals surface area contributed by atoms with Crippen LogP contribution < -0.4 is 0 Å². The molecule has 0 aliphatic rings. The summed E-state index contributed by atoms with van der Waals surface area (Å²) in [4.78, 5) is 44.3. The molecule has 0 saturated heterocycles. The number of aryl methyl sites for hydroxylation is 1. The van der Waals surface area contributed by atoms with Crippen molar-refractivity contribution in [1.29, 1.82) is 0 Å². The van der Waals surface area contributed by atoms with E-state index in [4.69, 9.17) is 20.4 Å². The van der Waals surface area contributed by atoms with Gasteiger partial charge >= 0.3 is 17.9 Å². The molecule has 0 saturated carbocycles. The van der Waals surface area contributed by atoms with Gasteiger partial charge in [-0.1, -0.05) is 12.1 Å². The predicted octanol–water partition coefficient (Wildman–Crippen LogP) is 1.89. The SMILES string of the molecule is Cc1cccc(-n2cccc2CN(CCN(C)C)Cc2ccccn2)n1.O=C(O)CC(O)(CC(=O)O)C(=O)O. The molecule has 4 N–H and O–H groups in total. The van der Waals surface area contributed by atoms with Gasteiger partial charge in [0.1, 0.15) is 5.82 Å². The first-order valence-corrected chi connectivity index (χ1v) is 12.2. The summed E-state index contributed by atoms with van der Waals surface area (Å²) in [6, 6.07) is 16.5. The average molecular weight is 542 g/mol. The normalized spacial score (nSPS) is 11.2. The lowest BCUT2D eigenvalue weighted by atomic mass is 9.96. The lowest BCUT2D eigenvalue weighted by Crippen LogP contribution is -2.42. The lowest BCUT2D eigenvalue weighted by Gasteiger charge is -2.24. The van der Waals surface area contributed by atoms with Gasteiger partial charge in [0.2, 0.25) is 0 Å². The molecule has 0 aliphatic carbocycles. The molecule has 0 unspecified atom stereocenters. The van der Waals surface area contributed by atoms with E-state index in [1.165, 1.54) is 5.69 Å². The van der Waals surface area contributed by atoms with Gasteiger partial charge in [-0.3, -0.25) is 19.5 Å². The van der Waals surface area contributed by atoms with Crippen molar-refractivity contribution in [2.75, 3.05) is 27.2 Å². The Balaban J connectivity index is 0.000000349. The van der Waals surface area contributed by atoms with Crippen LogP contribution in [0.25, 0.3) is 5.82 Å².